The summed E-state index contributed by atoms with van der Waals surface area (Å²) in [6, 6.07) is 4.31. The summed E-state index contributed by atoms with van der Waals surface area (Å²) < 4.78 is 0. The molecule has 0 aliphatic rings. The SMILES string of the molecule is Cc1ccsc1-c1cnc(-c2ncc(-c3sccc3C)s2)s1. The Morgan fingerprint density at radius 2 is 1.18 bits per heavy atom. The molecule has 6 heteroatoms. The number of aromatic nitrogens is 2. The van der Waals surface area contributed by atoms with Gasteiger partial charge < -0.3 is 0 Å². The first-order chi connectivity index (χ1) is 10.7. The molecule has 110 valence electrons. The van der Waals surface area contributed by atoms with Gasteiger partial charge in [0.2, 0.25) is 0 Å². The molecule has 4 rings (SSSR count). The molecule has 0 unspecified atom stereocenters. The quantitative estimate of drug-likeness (QED) is 0.426. The van der Waals surface area contributed by atoms with Gasteiger partial charge in [-0.2, -0.15) is 0 Å². The lowest BCUT2D eigenvalue weighted by Gasteiger charge is -1.92. The summed E-state index contributed by atoms with van der Waals surface area (Å²) in [6.07, 6.45) is 3.94. The van der Waals surface area contributed by atoms with Crippen molar-refractivity contribution in [1.82, 2.24) is 9.97 Å². The fraction of sp³-hybridized carbons (Fsp3) is 0.125. The molecule has 0 radical (unpaired) electrons. The van der Waals surface area contributed by atoms with E-state index in [2.05, 4.69) is 46.7 Å². The number of nitrogens with zero attached hydrogens (tertiary/aromatic N) is 2. The van der Waals surface area contributed by atoms with Crippen LogP contribution in [0, 0.1) is 13.8 Å². The van der Waals surface area contributed by atoms with Crippen LogP contribution in [-0.2, 0) is 0 Å². The summed E-state index contributed by atoms with van der Waals surface area (Å²) in [5.74, 6) is 0. The average Bonchev–Trinajstić information content (AvgIpc) is 3.23. The van der Waals surface area contributed by atoms with Gasteiger partial charge in [0.1, 0.15) is 0 Å². The molecule has 0 saturated carbocycles. The highest BCUT2D eigenvalue weighted by atomic mass is 32.1. The zero-order valence-electron chi connectivity index (χ0n) is 12.0. The van der Waals surface area contributed by atoms with Crippen molar-refractivity contribution in [1.29, 1.82) is 0 Å². The van der Waals surface area contributed by atoms with Crippen LogP contribution < -0.4 is 0 Å². The lowest BCUT2D eigenvalue weighted by molar-refractivity contribution is 1.35. The van der Waals surface area contributed by atoms with E-state index in [4.69, 9.17) is 0 Å². The van der Waals surface area contributed by atoms with Gasteiger partial charge in [-0.3, -0.25) is 0 Å². The van der Waals surface area contributed by atoms with Gasteiger partial charge in [0.05, 0.1) is 9.75 Å². The Bertz CT molecular complexity index is 849. The minimum Gasteiger partial charge on any atom is -0.241 e. The van der Waals surface area contributed by atoms with E-state index in [0.717, 1.165) is 10.0 Å². The highest BCUT2D eigenvalue weighted by molar-refractivity contribution is 7.27. The summed E-state index contributed by atoms with van der Waals surface area (Å²) in [4.78, 5) is 14.2. The van der Waals surface area contributed by atoms with Crippen molar-refractivity contribution in [2.75, 3.05) is 0 Å². The van der Waals surface area contributed by atoms with Crippen LogP contribution in [0.5, 0.6) is 0 Å². The second-order valence-corrected chi connectivity index (χ2v) is 8.82. The maximum Gasteiger partial charge on any atom is 0.152 e. The van der Waals surface area contributed by atoms with Gasteiger partial charge in [-0.25, -0.2) is 9.97 Å². The first-order valence-corrected chi connectivity index (χ1v) is 10.1. The summed E-state index contributed by atoms with van der Waals surface area (Å²) in [5.41, 5.74) is 2.63. The molecule has 4 aromatic rings. The Labute approximate surface area is 144 Å². The third kappa shape index (κ3) is 2.46. The molecule has 4 aromatic heterocycles. The topological polar surface area (TPSA) is 25.8 Å². The Morgan fingerprint density at radius 3 is 1.55 bits per heavy atom. The van der Waals surface area contributed by atoms with Crippen LogP contribution in [0.2, 0.25) is 0 Å². The van der Waals surface area contributed by atoms with Gasteiger partial charge in [0.25, 0.3) is 0 Å². The highest BCUT2D eigenvalue weighted by Crippen LogP contribution is 2.40. The first kappa shape index (κ1) is 14.3. The van der Waals surface area contributed by atoms with Crippen molar-refractivity contribution in [2.45, 2.75) is 13.8 Å². The van der Waals surface area contributed by atoms with E-state index >= 15 is 0 Å². The van der Waals surface area contributed by atoms with Gasteiger partial charge in [-0.1, -0.05) is 0 Å². The number of rotatable bonds is 3. The number of aryl methyl sites for hydroxylation is 2. The molecule has 0 aromatic carbocycles. The van der Waals surface area contributed by atoms with Crippen LogP contribution in [0.15, 0.2) is 35.3 Å². The van der Waals surface area contributed by atoms with Crippen molar-refractivity contribution < 1.29 is 0 Å². The van der Waals surface area contributed by atoms with E-state index in [1.807, 2.05) is 12.4 Å². The molecule has 0 saturated heterocycles. The summed E-state index contributed by atoms with van der Waals surface area (Å²) >= 11 is 6.99. The van der Waals surface area contributed by atoms with E-state index < -0.39 is 0 Å². The molecule has 0 bridgehead atoms. The molecule has 0 atom stereocenters. The molecule has 0 fully saturated rings. The highest BCUT2D eigenvalue weighted by Gasteiger charge is 2.14. The molecule has 0 amide bonds. The Morgan fingerprint density at radius 1 is 0.727 bits per heavy atom. The largest absolute Gasteiger partial charge is 0.241 e. The van der Waals surface area contributed by atoms with Gasteiger partial charge in [-0.15, -0.1) is 45.3 Å². The maximum absolute atomic E-state index is 4.58. The van der Waals surface area contributed by atoms with E-state index in [1.165, 1.54) is 30.6 Å². The van der Waals surface area contributed by atoms with Gasteiger partial charge in [-0.05, 0) is 47.9 Å². The lowest BCUT2D eigenvalue weighted by atomic mass is 10.3. The fourth-order valence-corrected chi connectivity index (χ4v) is 6.28. The Hall–Kier alpha value is -1.34. The number of thiazole rings is 2. The minimum atomic E-state index is 1.01. The number of thiophene rings is 2. The number of hydrogen-bond acceptors (Lipinski definition) is 6. The number of hydrogen-bond donors (Lipinski definition) is 0. The van der Waals surface area contributed by atoms with Crippen LogP contribution in [0.1, 0.15) is 11.1 Å². The Balaban J connectivity index is 1.69. The smallest absolute Gasteiger partial charge is 0.152 e. The fourth-order valence-electron chi connectivity index (χ4n) is 2.21. The van der Waals surface area contributed by atoms with Crippen molar-refractivity contribution >= 4 is 45.3 Å². The minimum absolute atomic E-state index is 1.01. The van der Waals surface area contributed by atoms with Crippen LogP contribution in [0.3, 0.4) is 0 Å². The van der Waals surface area contributed by atoms with Crippen molar-refractivity contribution in [3.05, 3.63) is 46.4 Å². The summed E-state index contributed by atoms with van der Waals surface area (Å²) in [6.45, 7) is 4.29. The molecule has 22 heavy (non-hydrogen) atoms. The monoisotopic (exact) mass is 360 g/mol. The van der Waals surface area contributed by atoms with Crippen molar-refractivity contribution in [3.63, 3.8) is 0 Å². The van der Waals surface area contributed by atoms with E-state index in [-0.39, 0.29) is 0 Å². The second-order valence-electron chi connectivity index (χ2n) is 4.92. The second kappa shape index (κ2) is 5.70. The third-order valence-electron chi connectivity index (χ3n) is 3.37. The van der Waals surface area contributed by atoms with Crippen LogP contribution in [0.25, 0.3) is 29.5 Å². The Kier molecular flexibility index (Phi) is 3.69. The molecule has 0 N–H and O–H groups in total. The van der Waals surface area contributed by atoms with E-state index in [1.54, 1.807) is 45.3 Å². The van der Waals surface area contributed by atoms with Gasteiger partial charge >= 0.3 is 0 Å². The molecule has 0 aliphatic heterocycles. The summed E-state index contributed by atoms with van der Waals surface area (Å²) in [7, 11) is 0. The molecule has 2 nitrogen and oxygen atoms in total. The van der Waals surface area contributed by atoms with E-state index in [9.17, 15) is 0 Å². The molecule has 0 aliphatic carbocycles. The van der Waals surface area contributed by atoms with Crippen LogP contribution >= 0.6 is 45.3 Å². The maximum atomic E-state index is 4.58. The van der Waals surface area contributed by atoms with Crippen LogP contribution in [0.4, 0.5) is 0 Å². The van der Waals surface area contributed by atoms with Crippen LogP contribution in [-0.4, -0.2) is 9.97 Å². The van der Waals surface area contributed by atoms with Gasteiger partial charge in [0, 0.05) is 22.1 Å². The average molecular weight is 361 g/mol. The predicted molar refractivity (Wildman–Crippen MR) is 99.3 cm³/mol. The standard InChI is InChI=1S/C16H12N2S4/c1-9-3-5-19-13(9)11-7-17-15(21-11)16-18-8-12(22-16)14-10(2)4-6-20-14/h3-8H,1-2H3. The summed E-state index contributed by atoms with van der Waals surface area (Å²) in [5, 5.41) is 6.28. The van der Waals surface area contributed by atoms with Crippen molar-refractivity contribution in [2.24, 2.45) is 0 Å². The zero-order chi connectivity index (χ0) is 15.1. The molecule has 4 heterocycles. The lowest BCUT2D eigenvalue weighted by Crippen LogP contribution is -1.68. The predicted octanol–water partition coefficient (Wildman–Crippen LogP) is 6.34. The van der Waals surface area contributed by atoms with E-state index in [0.29, 0.717) is 0 Å². The molecule has 0 spiro atoms. The zero-order valence-corrected chi connectivity index (χ0v) is 15.3. The molecular weight excluding hydrogens is 348 g/mol. The van der Waals surface area contributed by atoms with Gasteiger partial charge in [0.15, 0.2) is 10.0 Å². The molecular formula is C16H12N2S4. The third-order valence-corrected chi connectivity index (χ3v) is 7.90. The van der Waals surface area contributed by atoms with Crippen molar-refractivity contribution in [3.8, 4) is 29.5 Å². The normalized spacial score (nSPS) is 11.2. The first-order valence-electron chi connectivity index (χ1n) is 6.73.